The van der Waals surface area contributed by atoms with Crippen molar-refractivity contribution in [2.45, 2.75) is 25.9 Å². The van der Waals surface area contributed by atoms with Crippen LogP contribution in [0.3, 0.4) is 0 Å². The van der Waals surface area contributed by atoms with Crippen LogP contribution in [0.1, 0.15) is 34.1 Å². The number of carbonyl (C=O) groups is 4. The summed E-state index contributed by atoms with van der Waals surface area (Å²) in [4.78, 5) is 68.5. The number of nitrogens with one attached hydrogen (secondary N) is 1. The summed E-state index contributed by atoms with van der Waals surface area (Å²) in [5.41, 5.74) is 2.24. The quantitative estimate of drug-likeness (QED) is 0.120. The smallest absolute Gasteiger partial charge is 0.324 e. The Morgan fingerprint density at radius 1 is 0.677 bits per heavy atom. The molecule has 2 fully saturated rings. The average Bonchev–Trinajstić information content (AvgIpc) is 3.81. The standard InChI is InChI=1S/C22H24F3N5O3.C21H21F3N6O2/c1-28-7-9-29(10-8-28)22(33)30(18-4-2-3-16(23)11-18)14-17-6-5-15(12-26-17)19(31)13-27-21(32)20(24)25;1-28-7-9-29(10-8-28)21(31)30(17-4-2-3-15(22)11-17)13-16-6-5-14(12-25-16)19-26-27-20(32-19)18(23)24/h2-6,11-12,20H,7-10,13-14H2,1H3,(H,27,32);2-6,11-12,18H,7-10,13H2,1H3. The Morgan fingerprint density at radius 3 is 1.60 bits per heavy atom. The van der Waals surface area contributed by atoms with Crippen molar-refractivity contribution in [3.8, 4) is 11.5 Å². The Morgan fingerprint density at radius 2 is 1.18 bits per heavy atom. The predicted octanol–water partition coefficient (Wildman–Crippen LogP) is 5.74. The molecule has 0 aliphatic carbocycles. The predicted molar refractivity (Wildman–Crippen MR) is 224 cm³/mol. The number of rotatable bonds is 12. The number of anilines is 2. The number of likely N-dealkylation sites (N-methyl/N-ethyl adjacent to an activating group) is 2. The van der Waals surface area contributed by atoms with Gasteiger partial charge in [-0.25, -0.2) is 18.4 Å². The minimum absolute atomic E-state index is 0.0330. The Kier molecular flexibility index (Phi) is 16.2. The van der Waals surface area contributed by atoms with Crippen LogP contribution >= 0.6 is 0 Å². The normalized spacial score (nSPS) is 14.5. The molecule has 5 aromatic rings. The monoisotopic (exact) mass is 909 g/mol. The molecule has 22 heteroatoms. The number of benzene rings is 2. The number of pyridine rings is 2. The highest BCUT2D eigenvalue weighted by atomic mass is 19.3. The summed E-state index contributed by atoms with van der Waals surface area (Å²) in [6.07, 6.45) is -3.41. The van der Waals surface area contributed by atoms with Crippen molar-refractivity contribution in [3.63, 3.8) is 0 Å². The highest BCUT2D eigenvalue weighted by molar-refractivity contribution is 5.99. The summed E-state index contributed by atoms with van der Waals surface area (Å²) in [6.45, 7) is 4.70. The summed E-state index contributed by atoms with van der Waals surface area (Å²) >= 11 is 0. The maximum absolute atomic E-state index is 13.9. The molecule has 0 bridgehead atoms. The zero-order valence-electron chi connectivity index (χ0n) is 35.3. The van der Waals surface area contributed by atoms with Crippen molar-refractivity contribution >= 4 is 35.1 Å². The number of aromatic nitrogens is 4. The topological polar surface area (TPSA) is 164 Å². The zero-order valence-corrected chi connectivity index (χ0v) is 35.3. The van der Waals surface area contributed by atoms with Crippen molar-refractivity contribution in [3.05, 3.63) is 120 Å². The average molecular weight is 910 g/mol. The third-order valence-corrected chi connectivity index (χ3v) is 10.4. The summed E-state index contributed by atoms with van der Waals surface area (Å²) < 4.78 is 82.5. The lowest BCUT2D eigenvalue weighted by Crippen LogP contribution is -2.52. The van der Waals surface area contributed by atoms with Crippen LogP contribution in [-0.4, -0.2) is 143 Å². The van der Waals surface area contributed by atoms with Crippen LogP contribution in [0.5, 0.6) is 0 Å². The molecule has 0 radical (unpaired) electrons. The van der Waals surface area contributed by atoms with Gasteiger partial charge in [-0.1, -0.05) is 12.1 Å². The number of amides is 5. The van der Waals surface area contributed by atoms with Crippen LogP contribution in [-0.2, 0) is 17.9 Å². The fourth-order valence-corrected chi connectivity index (χ4v) is 6.60. The van der Waals surface area contributed by atoms with E-state index in [0.29, 0.717) is 54.5 Å². The van der Waals surface area contributed by atoms with Crippen LogP contribution < -0.4 is 15.1 Å². The van der Waals surface area contributed by atoms with E-state index in [1.807, 2.05) is 19.4 Å². The number of hydrogen-bond acceptors (Lipinski definition) is 11. The largest absolute Gasteiger partial charge is 0.415 e. The van der Waals surface area contributed by atoms with Gasteiger partial charge in [-0.3, -0.25) is 29.4 Å². The van der Waals surface area contributed by atoms with Crippen LogP contribution in [0.25, 0.3) is 11.5 Å². The summed E-state index contributed by atoms with van der Waals surface area (Å²) in [7, 11) is 3.96. The van der Waals surface area contributed by atoms with Gasteiger partial charge in [-0.2, -0.15) is 17.6 Å². The molecule has 0 unspecified atom stereocenters. The van der Waals surface area contributed by atoms with Crippen LogP contribution in [0.15, 0.2) is 89.6 Å². The zero-order chi connectivity index (χ0) is 46.6. The van der Waals surface area contributed by atoms with Gasteiger partial charge in [-0.15, -0.1) is 10.2 Å². The van der Waals surface area contributed by atoms with Crippen molar-refractivity contribution in [2.24, 2.45) is 0 Å². The lowest BCUT2D eigenvalue weighted by Gasteiger charge is -2.36. The fraction of sp³-hybridized carbons (Fsp3) is 0.349. The lowest BCUT2D eigenvalue weighted by atomic mass is 10.1. The third-order valence-electron chi connectivity index (χ3n) is 10.4. The molecule has 5 amide bonds. The highest BCUT2D eigenvalue weighted by Gasteiger charge is 2.28. The Balaban J connectivity index is 0.000000215. The molecule has 16 nitrogen and oxygen atoms in total. The Labute approximate surface area is 369 Å². The van der Waals surface area contributed by atoms with Gasteiger partial charge in [0.2, 0.25) is 5.89 Å². The van der Waals surface area contributed by atoms with Gasteiger partial charge in [0, 0.05) is 81.7 Å². The first-order chi connectivity index (χ1) is 31.1. The van der Waals surface area contributed by atoms with Gasteiger partial charge in [0.25, 0.3) is 11.8 Å². The highest BCUT2D eigenvalue weighted by Crippen LogP contribution is 2.25. The number of carbonyl (C=O) groups excluding carboxylic acids is 4. The minimum Gasteiger partial charge on any atom is -0.415 e. The maximum atomic E-state index is 13.9. The minimum atomic E-state index is -3.20. The fourth-order valence-electron chi connectivity index (χ4n) is 6.60. The Bertz CT molecular complexity index is 2390. The molecular formula is C43H45F6N11O5. The molecule has 5 heterocycles. The molecule has 344 valence electrons. The van der Waals surface area contributed by atoms with Gasteiger partial charge >= 0.3 is 24.9 Å². The molecule has 0 spiro atoms. The van der Waals surface area contributed by atoms with Gasteiger partial charge in [-0.05, 0) is 74.8 Å². The van der Waals surface area contributed by atoms with E-state index in [1.54, 1.807) is 40.1 Å². The number of nitrogens with zero attached hydrogens (tertiary/aromatic N) is 10. The second-order valence-corrected chi connectivity index (χ2v) is 15.0. The molecule has 7 rings (SSSR count). The number of piperazine rings is 2. The van der Waals surface area contributed by atoms with Crippen molar-refractivity contribution < 1.29 is 49.9 Å². The molecule has 2 saturated heterocycles. The summed E-state index contributed by atoms with van der Waals surface area (Å²) in [5.74, 6) is -3.88. The van der Waals surface area contributed by atoms with Gasteiger partial charge in [0.1, 0.15) is 11.6 Å². The maximum Gasteiger partial charge on any atom is 0.324 e. The van der Waals surface area contributed by atoms with Gasteiger partial charge in [0.05, 0.1) is 36.6 Å². The molecular weight excluding hydrogens is 865 g/mol. The number of urea groups is 2. The van der Waals surface area contributed by atoms with Crippen molar-refractivity contribution in [2.75, 3.05) is 82.8 Å². The SMILES string of the molecule is CN1CCN(C(=O)N(Cc2ccc(-c3nnc(C(F)F)o3)cn2)c2cccc(F)c2)CC1.CN1CCN(C(=O)N(Cc2ccc(C(=O)CNC(=O)C(F)F)cn2)c2cccc(F)c2)CC1. The second-order valence-electron chi connectivity index (χ2n) is 15.0. The third kappa shape index (κ3) is 13.1. The van der Waals surface area contributed by atoms with E-state index in [0.717, 1.165) is 26.2 Å². The number of Topliss-reactive ketones (excluding diaryl/α,β-unsaturated/α-hetero) is 1. The Hall–Kier alpha value is -6.94. The van der Waals surface area contributed by atoms with E-state index in [4.69, 9.17) is 4.42 Å². The van der Waals surface area contributed by atoms with E-state index >= 15 is 0 Å². The first-order valence-electron chi connectivity index (χ1n) is 20.3. The van der Waals surface area contributed by atoms with Gasteiger partial charge in [0.15, 0.2) is 5.78 Å². The molecule has 65 heavy (non-hydrogen) atoms. The van der Waals surface area contributed by atoms with Crippen molar-refractivity contribution in [1.29, 1.82) is 0 Å². The van der Waals surface area contributed by atoms with E-state index in [1.165, 1.54) is 64.7 Å². The molecule has 2 aliphatic rings. The van der Waals surface area contributed by atoms with Crippen molar-refractivity contribution in [1.82, 2.24) is 45.1 Å². The number of halogens is 6. The van der Waals surface area contributed by atoms with E-state index in [9.17, 15) is 45.5 Å². The molecule has 2 aromatic carbocycles. The molecule has 3 aromatic heterocycles. The van der Waals surface area contributed by atoms with E-state index in [-0.39, 0.29) is 36.6 Å². The first-order valence-corrected chi connectivity index (χ1v) is 20.3. The van der Waals surface area contributed by atoms with Crippen LogP contribution in [0.4, 0.5) is 47.3 Å². The lowest BCUT2D eigenvalue weighted by molar-refractivity contribution is -0.131. The number of alkyl halides is 4. The molecule has 0 saturated carbocycles. The molecule has 1 N–H and O–H groups in total. The van der Waals surface area contributed by atoms with E-state index < -0.39 is 48.6 Å². The molecule has 2 aliphatic heterocycles. The van der Waals surface area contributed by atoms with Gasteiger partial charge < -0.3 is 29.3 Å². The number of ketones is 1. The second kappa shape index (κ2) is 22.1. The van der Waals surface area contributed by atoms with Crippen LogP contribution in [0, 0.1) is 11.6 Å². The number of hydrogen-bond donors (Lipinski definition) is 1. The first kappa shape index (κ1) is 47.5. The summed E-state index contributed by atoms with van der Waals surface area (Å²) in [6, 6.07) is 17.1. The van der Waals surface area contributed by atoms with Crippen LogP contribution in [0.2, 0.25) is 0 Å². The van der Waals surface area contributed by atoms with E-state index in [2.05, 4.69) is 30.0 Å². The summed E-state index contributed by atoms with van der Waals surface area (Å²) in [5, 5.41) is 8.74. The molecule has 0 atom stereocenters.